The van der Waals surface area contributed by atoms with E-state index in [0.29, 0.717) is 18.1 Å². The van der Waals surface area contributed by atoms with Crippen LogP contribution in [0.3, 0.4) is 0 Å². The van der Waals surface area contributed by atoms with Crippen LogP contribution in [0.1, 0.15) is 48.0 Å². The molecule has 0 bridgehead atoms. The van der Waals surface area contributed by atoms with Gasteiger partial charge in [-0.25, -0.2) is 9.97 Å². The average molecular weight is 340 g/mol. The van der Waals surface area contributed by atoms with Gasteiger partial charge in [0.25, 0.3) is 5.91 Å². The van der Waals surface area contributed by atoms with Gasteiger partial charge in [0.05, 0.1) is 12.7 Å². The number of nitrogens with zero attached hydrogens (tertiary/aromatic N) is 2. The Balaban J connectivity index is 1.51. The second-order valence-electron chi connectivity index (χ2n) is 6.31. The number of benzene rings is 1. The average Bonchev–Trinajstić information content (AvgIpc) is 2.68. The molecule has 1 amide bonds. The molecule has 0 spiro atoms. The third-order valence-corrected chi connectivity index (χ3v) is 4.46. The van der Waals surface area contributed by atoms with E-state index in [-0.39, 0.29) is 11.9 Å². The zero-order valence-corrected chi connectivity index (χ0v) is 14.5. The van der Waals surface area contributed by atoms with Gasteiger partial charge in [0.15, 0.2) is 0 Å². The number of hydrogen-bond donors (Lipinski definition) is 2. The normalized spacial score (nSPS) is 14.8. The molecule has 6 heteroatoms. The SMILES string of the molecule is COc1ccc(CNc2ncc(C(=O)NC3CCCCC3)cn2)cc1. The van der Waals surface area contributed by atoms with Crippen molar-refractivity contribution in [1.82, 2.24) is 15.3 Å². The number of anilines is 1. The zero-order valence-electron chi connectivity index (χ0n) is 14.5. The van der Waals surface area contributed by atoms with E-state index in [2.05, 4.69) is 20.6 Å². The van der Waals surface area contributed by atoms with Crippen LogP contribution in [-0.2, 0) is 6.54 Å². The van der Waals surface area contributed by atoms with Crippen molar-refractivity contribution in [1.29, 1.82) is 0 Å². The molecule has 6 nitrogen and oxygen atoms in total. The smallest absolute Gasteiger partial charge is 0.254 e. The largest absolute Gasteiger partial charge is 0.497 e. The summed E-state index contributed by atoms with van der Waals surface area (Å²) in [6.07, 6.45) is 8.92. The van der Waals surface area contributed by atoms with E-state index in [1.165, 1.54) is 19.3 Å². The van der Waals surface area contributed by atoms with E-state index >= 15 is 0 Å². The summed E-state index contributed by atoms with van der Waals surface area (Å²) in [6.45, 7) is 0.609. The molecular weight excluding hydrogens is 316 g/mol. The van der Waals surface area contributed by atoms with Crippen LogP contribution in [0.5, 0.6) is 5.75 Å². The van der Waals surface area contributed by atoms with Crippen LogP contribution in [0.15, 0.2) is 36.7 Å². The number of methoxy groups -OCH3 is 1. The maximum absolute atomic E-state index is 12.2. The van der Waals surface area contributed by atoms with Crippen LogP contribution in [0.25, 0.3) is 0 Å². The highest BCUT2D eigenvalue weighted by Gasteiger charge is 2.17. The number of ether oxygens (including phenoxy) is 1. The molecule has 0 radical (unpaired) electrons. The Morgan fingerprint density at radius 1 is 1.12 bits per heavy atom. The standard InChI is InChI=1S/C19H24N4O2/c1-25-17-9-7-14(8-10-17)11-20-19-21-12-15(13-22-19)18(24)23-16-5-3-2-4-6-16/h7-10,12-13,16H,2-6,11H2,1H3,(H,23,24)(H,20,21,22). The number of rotatable bonds is 6. The highest BCUT2D eigenvalue weighted by Crippen LogP contribution is 2.18. The van der Waals surface area contributed by atoms with Crippen molar-refractivity contribution in [2.24, 2.45) is 0 Å². The van der Waals surface area contributed by atoms with Crippen LogP contribution in [0.4, 0.5) is 5.95 Å². The summed E-state index contributed by atoms with van der Waals surface area (Å²) in [4.78, 5) is 20.7. The van der Waals surface area contributed by atoms with Crippen molar-refractivity contribution in [3.05, 3.63) is 47.8 Å². The number of carbonyl (C=O) groups is 1. The number of carbonyl (C=O) groups excluding carboxylic acids is 1. The van der Waals surface area contributed by atoms with Crippen molar-refractivity contribution in [3.8, 4) is 5.75 Å². The van der Waals surface area contributed by atoms with Crippen LogP contribution < -0.4 is 15.4 Å². The predicted molar refractivity (Wildman–Crippen MR) is 96.7 cm³/mol. The van der Waals surface area contributed by atoms with Gasteiger partial charge in [-0.1, -0.05) is 31.4 Å². The first-order valence-electron chi connectivity index (χ1n) is 8.74. The van der Waals surface area contributed by atoms with Gasteiger partial charge in [0.2, 0.25) is 5.95 Å². The molecule has 1 fully saturated rings. The second kappa shape index (κ2) is 8.46. The Morgan fingerprint density at radius 2 is 1.80 bits per heavy atom. The van der Waals surface area contributed by atoms with Gasteiger partial charge in [0, 0.05) is 25.0 Å². The molecule has 25 heavy (non-hydrogen) atoms. The molecule has 2 aromatic rings. The van der Waals surface area contributed by atoms with Crippen molar-refractivity contribution >= 4 is 11.9 Å². The molecule has 3 rings (SSSR count). The van der Waals surface area contributed by atoms with Crippen molar-refractivity contribution in [2.45, 2.75) is 44.7 Å². The fraction of sp³-hybridized carbons (Fsp3) is 0.421. The van der Waals surface area contributed by atoms with Crippen molar-refractivity contribution in [2.75, 3.05) is 12.4 Å². The summed E-state index contributed by atoms with van der Waals surface area (Å²) >= 11 is 0. The lowest BCUT2D eigenvalue weighted by Crippen LogP contribution is -2.36. The van der Waals surface area contributed by atoms with E-state index in [9.17, 15) is 4.79 Å². The first-order valence-corrected chi connectivity index (χ1v) is 8.74. The molecule has 0 unspecified atom stereocenters. The van der Waals surface area contributed by atoms with Gasteiger partial charge in [0.1, 0.15) is 5.75 Å². The Bertz CT molecular complexity index is 680. The molecule has 0 atom stereocenters. The third kappa shape index (κ3) is 4.92. The molecular formula is C19H24N4O2. The van der Waals surface area contributed by atoms with E-state index in [4.69, 9.17) is 4.74 Å². The first-order chi connectivity index (χ1) is 12.2. The highest BCUT2D eigenvalue weighted by atomic mass is 16.5. The van der Waals surface area contributed by atoms with Crippen LogP contribution in [0.2, 0.25) is 0 Å². The lowest BCUT2D eigenvalue weighted by Gasteiger charge is -2.22. The summed E-state index contributed by atoms with van der Waals surface area (Å²) in [6, 6.07) is 8.08. The molecule has 2 N–H and O–H groups in total. The first kappa shape index (κ1) is 17.2. The van der Waals surface area contributed by atoms with Crippen LogP contribution in [0, 0.1) is 0 Å². The highest BCUT2D eigenvalue weighted by molar-refractivity contribution is 5.93. The Hall–Kier alpha value is -2.63. The monoisotopic (exact) mass is 340 g/mol. The van der Waals surface area contributed by atoms with E-state index < -0.39 is 0 Å². The second-order valence-corrected chi connectivity index (χ2v) is 6.31. The third-order valence-electron chi connectivity index (χ3n) is 4.46. The van der Waals surface area contributed by atoms with Crippen molar-refractivity contribution in [3.63, 3.8) is 0 Å². The van der Waals surface area contributed by atoms with E-state index in [0.717, 1.165) is 24.2 Å². The van der Waals surface area contributed by atoms with Crippen molar-refractivity contribution < 1.29 is 9.53 Å². The fourth-order valence-electron chi connectivity index (χ4n) is 2.98. The van der Waals surface area contributed by atoms with Gasteiger partial charge in [-0.05, 0) is 30.5 Å². The van der Waals surface area contributed by atoms with Gasteiger partial charge in [-0.2, -0.15) is 0 Å². The summed E-state index contributed by atoms with van der Waals surface area (Å²) in [5.74, 6) is 1.24. The van der Waals surface area contributed by atoms with Crippen LogP contribution >= 0.6 is 0 Å². The Kier molecular flexibility index (Phi) is 5.82. The molecule has 0 aliphatic heterocycles. The molecule has 1 saturated carbocycles. The number of aromatic nitrogens is 2. The minimum absolute atomic E-state index is 0.0893. The number of nitrogens with one attached hydrogen (secondary N) is 2. The molecule has 1 aromatic heterocycles. The van der Waals surface area contributed by atoms with Gasteiger partial charge >= 0.3 is 0 Å². The Morgan fingerprint density at radius 3 is 2.44 bits per heavy atom. The Labute approximate surface area is 148 Å². The summed E-state index contributed by atoms with van der Waals surface area (Å²) < 4.78 is 5.14. The fourth-order valence-corrected chi connectivity index (χ4v) is 2.98. The minimum atomic E-state index is -0.0893. The summed E-state index contributed by atoms with van der Waals surface area (Å²) in [5.41, 5.74) is 1.60. The number of hydrogen-bond acceptors (Lipinski definition) is 5. The maximum atomic E-state index is 12.2. The predicted octanol–water partition coefficient (Wildman–Crippen LogP) is 3.16. The summed E-state index contributed by atoms with van der Waals surface area (Å²) in [7, 11) is 1.65. The quantitative estimate of drug-likeness (QED) is 0.845. The summed E-state index contributed by atoms with van der Waals surface area (Å²) in [5, 5.41) is 6.22. The van der Waals surface area contributed by atoms with E-state index in [1.54, 1.807) is 19.5 Å². The van der Waals surface area contributed by atoms with Gasteiger partial charge < -0.3 is 15.4 Å². The lowest BCUT2D eigenvalue weighted by molar-refractivity contribution is 0.0927. The minimum Gasteiger partial charge on any atom is -0.497 e. The van der Waals surface area contributed by atoms with Gasteiger partial charge in [-0.15, -0.1) is 0 Å². The zero-order chi connectivity index (χ0) is 17.5. The molecule has 1 aliphatic carbocycles. The molecule has 132 valence electrons. The lowest BCUT2D eigenvalue weighted by atomic mass is 9.95. The molecule has 1 aromatic carbocycles. The topological polar surface area (TPSA) is 76.1 Å². The van der Waals surface area contributed by atoms with E-state index in [1.807, 2.05) is 24.3 Å². The van der Waals surface area contributed by atoms with Gasteiger partial charge in [-0.3, -0.25) is 4.79 Å². The molecule has 1 heterocycles. The van der Waals surface area contributed by atoms with Crippen LogP contribution in [-0.4, -0.2) is 29.0 Å². The molecule has 1 aliphatic rings. The number of amides is 1. The maximum Gasteiger partial charge on any atom is 0.254 e. The molecule has 0 saturated heterocycles.